The summed E-state index contributed by atoms with van der Waals surface area (Å²) in [7, 11) is 0. The quantitative estimate of drug-likeness (QED) is 0.710. The van der Waals surface area contributed by atoms with Crippen LogP contribution in [0.1, 0.15) is 0 Å². The first-order valence-corrected chi connectivity index (χ1v) is 6.05. The Labute approximate surface area is 114 Å². The van der Waals surface area contributed by atoms with E-state index in [4.69, 9.17) is 13.9 Å². The van der Waals surface area contributed by atoms with Crippen LogP contribution >= 0.6 is 0 Å². The number of pyridine rings is 1. The zero-order valence-corrected chi connectivity index (χ0v) is 10.3. The zero-order chi connectivity index (χ0) is 13.4. The molecule has 0 bridgehead atoms. The van der Waals surface area contributed by atoms with Gasteiger partial charge in [-0.2, -0.15) is 0 Å². The fourth-order valence-corrected chi connectivity index (χ4v) is 1.96. The third kappa shape index (κ3) is 1.78. The van der Waals surface area contributed by atoms with Crippen LogP contribution < -0.4 is 9.47 Å². The predicted octanol–water partition coefficient (Wildman–Crippen LogP) is 2.53. The number of benzene rings is 1. The largest absolute Gasteiger partial charge is 0.454 e. The molecule has 20 heavy (non-hydrogen) atoms. The number of hydrogen-bond donors (Lipinski definition) is 0. The molecule has 0 saturated carbocycles. The van der Waals surface area contributed by atoms with Gasteiger partial charge in [0.15, 0.2) is 11.5 Å². The summed E-state index contributed by atoms with van der Waals surface area (Å²) in [5.74, 6) is 2.21. The van der Waals surface area contributed by atoms with Crippen molar-refractivity contribution in [3.63, 3.8) is 0 Å². The third-order valence-corrected chi connectivity index (χ3v) is 2.93. The van der Waals surface area contributed by atoms with Gasteiger partial charge in [0.25, 0.3) is 5.89 Å². The Hall–Kier alpha value is -2.89. The average Bonchev–Trinajstić information content (AvgIpc) is 3.16. The fraction of sp³-hybridized carbons (Fsp3) is 0.0714. The number of nitrogens with zero attached hydrogens (tertiary/aromatic N) is 3. The Balaban J connectivity index is 1.72. The molecule has 6 heteroatoms. The van der Waals surface area contributed by atoms with Crippen molar-refractivity contribution in [3.05, 3.63) is 42.6 Å². The number of ether oxygens (including phenoxy) is 2. The third-order valence-electron chi connectivity index (χ3n) is 2.93. The van der Waals surface area contributed by atoms with Crippen LogP contribution in [0.2, 0.25) is 0 Å². The van der Waals surface area contributed by atoms with E-state index in [0.29, 0.717) is 23.2 Å². The Kier molecular flexibility index (Phi) is 2.38. The minimum Gasteiger partial charge on any atom is -0.454 e. The van der Waals surface area contributed by atoms with Crippen molar-refractivity contribution in [2.24, 2.45) is 0 Å². The normalized spacial score (nSPS) is 12.6. The highest BCUT2D eigenvalue weighted by Gasteiger charge is 2.17. The van der Waals surface area contributed by atoms with Crippen molar-refractivity contribution in [2.75, 3.05) is 6.79 Å². The Morgan fingerprint density at radius 1 is 0.900 bits per heavy atom. The van der Waals surface area contributed by atoms with Crippen molar-refractivity contribution >= 4 is 0 Å². The van der Waals surface area contributed by atoms with E-state index in [2.05, 4.69) is 15.2 Å². The molecule has 0 saturated heterocycles. The van der Waals surface area contributed by atoms with Crippen molar-refractivity contribution in [3.8, 4) is 34.5 Å². The van der Waals surface area contributed by atoms with Crippen LogP contribution in [-0.4, -0.2) is 22.0 Å². The van der Waals surface area contributed by atoms with Crippen LogP contribution in [0.3, 0.4) is 0 Å². The molecule has 2 aromatic heterocycles. The molecule has 4 rings (SSSR count). The van der Waals surface area contributed by atoms with Crippen LogP contribution in [0.5, 0.6) is 11.5 Å². The molecule has 0 N–H and O–H groups in total. The first-order valence-electron chi connectivity index (χ1n) is 6.05. The summed E-state index contributed by atoms with van der Waals surface area (Å²) in [6, 6.07) is 11.0. The highest BCUT2D eigenvalue weighted by molar-refractivity contribution is 5.61. The monoisotopic (exact) mass is 267 g/mol. The first kappa shape index (κ1) is 11.0. The molecule has 0 unspecified atom stereocenters. The van der Waals surface area contributed by atoms with E-state index in [0.717, 1.165) is 11.3 Å². The minimum absolute atomic E-state index is 0.238. The second-order valence-electron chi connectivity index (χ2n) is 4.20. The number of aromatic nitrogens is 3. The molecule has 0 amide bonds. The lowest BCUT2D eigenvalue weighted by Gasteiger charge is -1.98. The van der Waals surface area contributed by atoms with E-state index in [1.54, 1.807) is 6.20 Å². The summed E-state index contributed by atoms with van der Waals surface area (Å²) < 4.78 is 16.2. The molecule has 0 spiro atoms. The van der Waals surface area contributed by atoms with Gasteiger partial charge in [-0.25, -0.2) is 0 Å². The number of fused-ring (bicyclic) bond motifs is 1. The Bertz CT molecular complexity index is 755. The molecule has 6 nitrogen and oxygen atoms in total. The van der Waals surface area contributed by atoms with Gasteiger partial charge in [-0.05, 0) is 30.3 Å². The van der Waals surface area contributed by atoms with E-state index in [-0.39, 0.29) is 6.79 Å². The van der Waals surface area contributed by atoms with E-state index >= 15 is 0 Å². The van der Waals surface area contributed by atoms with Gasteiger partial charge < -0.3 is 13.9 Å². The maximum atomic E-state index is 5.63. The van der Waals surface area contributed by atoms with Crippen molar-refractivity contribution in [1.82, 2.24) is 15.2 Å². The molecule has 0 aliphatic carbocycles. The minimum atomic E-state index is 0.238. The summed E-state index contributed by atoms with van der Waals surface area (Å²) in [4.78, 5) is 4.17. The molecule has 3 aromatic rings. The van der Waals surface area contributed by atoms with Gasteiger partial charge in [0.05, 0.1) is 0 Å². The molecule has 3 heterocycles. The summed E-state index contributed by atoms with van der Waals surface area (Å²) in [5.41, 5.74) is 1.43. The highest BCUT2D eigenvalue weighted by Crippen LogP contribution is 2.35. The van der Waals surface area contributed by atoms with Gasteiger partial charge in [-0.3, -0.25) is 4.98 Å². The summed E-state index contributed by atoms with van der Waals surface area (Å²) in [6.45, 7) is 0.238. The molecule has 0 fully saturated rings. The second-order valence-corrected chi connectivity index (χ2v) is 4.20. The van der Waals surface area contributed by atoms with E-state index in [1.165, 1.54) is 0 Å². The highest BCUT2D eigenvalue weighted by atomic mass is 16.7. The van der Waals surface area contributed by atoms with Crippen LogP contribution in [0, 0.1) is 0 Å². The molecule has 1 aromatic carbocycles. The van der Waals surface area contributed by atoms with Gasteiger partial charge in [0.1, 0.15) is 5.69 Å². The van der Waals surface area contributed by atoms with Gasteiger partial charge in [-0.15, -0.1) is 10.2 Å². The van der Waals surface area contributed by atoms with Gasteiger partial charge >= 0.3 is 0 Å². The first-order chi connectivity index (χ1) is 9.90. The topological polar surface area (TPSA) is 70.3 Å². The van der Waals surface area contributed by atoms with Crippen LogP contribution in [0.4, 0.5) is 0 Å². The van der Waals surface area contributed by atoms with Crippen LogP contribution in [0.15, 0.2) is 47.0 Å². The molecular weight excluding hydrogens is 258 g/mol. The average molecular weight is 267 g/mol. The van der Waals surface area contributed by atoms with Gasteiger partial charge in [-0.1, -0.05) is 6.07 Å². The molecular formula is C14H9N3O3. The maximum Gasteiger partial charge on any atom is 0.266 e. The summed E-state index contributed by atoms with van der Waals surface area (Å²) in [6.07, 6.45) is 1.68. The fourth-order valence-electron chi connectivity index (χ4n) is 1.96. The molecule has 98 valence electrons. The molecule has 1 aliphatic rings. The Morgan fingerprint density at radius 3 is 2.70 bits per heavy atom. The Morgan fingerprint density at radius 2 is 1.80 bits per heavy atom. The SMILES string of the molecule is c1ccc(-c2nnc(-c3ccc4c(c3)OCO4)o2)nc1. The van der Waals surface area contributed by atoms with Crippen LogP contribution in [-0.2, 0) is 0 Å². The lowest BCUT2D eigenvalue weighted by Crippen LogP contribution is -1.92. The van der Waals surface area contributed by atoms with Gasteiger partial charge in [0, 0.05) is 11.8 Å². The maximum absolute atomic E-state index is 5.63. The molecule has 0 radical (unpaired) electrons. The molecule has 0 atom stereocenters. The van der Waals surface area contributed by atoms with Gasteiger partial charge in [0.2, 0.25) is 12.7 Å². The van der Waals surface area contributed by atoms with E-state index in [1.807, 2.05) is 36.4 Å². The summed E-state index contributed by atoms with van der Waals surface area (Å²) in [5, 5.41) is 8.04. The smallest absolute Gasteiger partial charge is 0.266 e. The van der Waals surface area contributed by atoms with Crippen molar-refractivity contribution in [1.29, 1.82) is 0 Å². The second kappa shape index (κ2) is 4.34. The zero-order valence-electron chi connectivity index (χ0n) is 10.3. The predicted molar refractivity (Wildman–Crippen MR) is 69.1 cm³/mol. The lowest BCUT2D eigenvalue weighted by molar-refractivity contribution is 0.174. The number of hydrogen-bond acceptors (Lipinski definition) is 6. The van der Waals surface area contributed by atoms with E-state index in [9.17, 15) is 0 Å². The van der Waals surface area contributed by atoms with Crippen LogP contribution in [0.25, 0.3) is 23.0 Å². The standard InChI is InChI=1S/C14H9N3O3/c1-2-6-15-10(3-1)14-17-16-13(20-14)9-4-5-11-12(7-9)19-8-18-11/h1-7H,8H2. The van der Waals surface area contributed by atoms with E-state index < -0.39 is 0 Å². The number of rotatable bonds is 2. The lowest BCUT2D eigenvalue weighted by atomic mass is 10.2. The van der Waals surface area contributed by atoms with Crippen molar-refractivity contribution in [2.45, 2.75) is 0 Å². The van der Waals surface area contributed by atoms with Crippen molar-refractivity contribution < 1.29 is 13.9 Å². The molecule has 1 aliphatic heterocycles. The summed E-state index contributed by atoms with van der Waals surface area (Å²) >= 11 is 0.